The van der Waals surface area contributed by atoms with Crippen LogP contribution in [0.5, 0.6) is 5.75 Å². The van der Waals surface area contributed by atoms with E-state index >= 15 is 0 Å². The average Bonchev–Trinajstić information content (AvgIpc) is 3.29. The molecule has 2 aromatic carbocycles. The van der Waals surface area contributed by atoms with Gasteiger partial charge in [-0.3, -0.25) is 14.5 Å². The second kappa shape index (κ2) is 8.92. The Morgan fingerprint density at radius 3 is 2.37 bits per heavy atom. The van der Waals surface area contributed by atoms with Crippen LogP contribution >= 0.6 is 0 Å². The summed E-state index contributed by atoms with van der Waals surface area (Å²) in [5, 5.41) is 13.9. The molecule has 1 aliphatic rings. The van der Waals surface area contributed by atoms with E-state index in [0.717, 1.165) is 26.2 Å². The fourth-order valence-corrected chi connectivity index (χ4v) is 3.63. The van der Waals surface area contributed by atoms with Gasteiger partial charge in [-0.05, 0) is 24.3 Å². The molecule has 0 aliphatic carbocycles. The lowest BCUT2D eigenvalue weighted by atomic mass is 10.1. The van der Waals surface area contributed by atoms with Gasteiger partial charge in [-0.25, -0.2) is 4.68 Å². The van der Waals surface area contributed by atoms with E-state index in [1.54, 1.807) is 18.2 Å². The molecule has 2 heterocycles. The number of benzene rings is 2. The van der Waals surface area contributed by atoms with Crippen LogP contribution in [0.25, 0.3) is 0 Å². The minimum absolute atomic E-state index is 0.0868. The maximum Gasteiger partial charge on any atom is 0.248 e. The van der Waals surface area contributed by atoms with Gasteiger partial charge in [0.05, 0.1) is 17.3 Å². The standard InChI is InChI=1S/C23H24N4O3/c28-21-9-5-4-8-20(21)23(30)18-16-24-27(17-18)22(29)10-11-25-12-14-26(15-13-25)19-6-2-1-3-7-19/h1-9,16-17,28H,10-15H2. The number of aromatic nitrogens is 2. The molecule has 0 atom stereocenters. The number of nitrogens with zero attached hydrogens (tertiary/aromatic N) is 4. The lowest BCUT2D eigenvalue weighted by molar-refractivity contribution is 0.0866. The summed E-state index contributed by atoms with van der Waals surface area (Å²) in [4.78, 5) is 29.7. The summed E-state index contributed by atoms with van der Waals surface area (Å²) in [7, 11) is 0. The number of carbonyl (C=O) groups excluding carboxylic acids is 2. The zero-order valence-corrected chi connectivity index (χ0v) is 16.6. The summed E-state index contributed by atoms with van der Waals surface area (Å²) in [6.45, 7) is 4.32. The second-order valence-electron chi connectivity index (χ2n) is 7.33. The van der Waals surface area contributed by atoms with Crippen molar-refractivity contribution in [2.24, 2.45) is 0 Å². The Labute approximate surface area is 175 Å². The van der Waals surface area contributed by atoms with Crippen LogP contribution in [0.2, 0.25) is 0 Å². The molecule has 1 aliphatic heterocycles. The number of ketones is 1. The van der Waals surface area contributed by atoms with Crippen LogP contribution in [0, 0.1) is 0 Å². The molecule has 0 bridgehead atoms. The quantitative estimate of drug-likeness (QED) is 0.637. The highest BCUT2D eigenvalue weighted by atomic mass is 16.3. The van der Waals surface area contributed by atoms with Gasteiger partial charge in [-0.15, -0.1) is 0 Å². The first-order valence-electron chi connectivity index (χ1n) is 10.0. The molecule has 30 heavy (non-hydrogen) atoms. The van der Waals surface area contributed by atoms with Crippen LogP contribution in [-0.4, -0.2) is 64.2 Å². The van der Waals surface area contributed by atoms with Crippen LogP contribution in [0.15, 0.2) is 67.0 Å². The predicted molar refractivity (Wildman–Crippen MR) is 114 cm³/mol. The largest absolute Gasteiger partial charge is 0.507 e. The number of carbonyl (C=O) groups is 2. The number of aromatic hydroxyl groups is 1. The first-order valence-corrected chi connectivity index (χ1v) is 10.0. The second-order valence-corrected chi connectivity index (χ2v) is 7.33. The topological polar surface area (TPSA) is 78.7 Å². The number of anilines is 1. The normalized spacial score (nSPS) is 14.6. The SMILES string of the molecule is O=C(c1cnn(C(=O)CCN2CCN(c3ccccc3)CC2)c1)c1ccccc1O. The average molecular weight is 404 g/mol. The predicted octanol–water partition coefficient (Wildman–Crippen LogP) is 2.67. The highest BCUT2D eigenvalue weighted by molar-refractivity contribution is 6.10. The monoisotopic (exact) mass is 404 g/mol. The Morgan fingerprint density at radius 1 is 0.933 bits per heavy atom. The van der Waals surface area contributed by atoms with E-state index in [-0.39, 0.29) is 28.6 Å². The summed E-state index contributed by atoms with van der Waals surface area (Å²) >= 11 is 0. The Balaban J connectivity index is 1.29. The highest BCUT2D eigenvalue weighted by Crippen LogP contribution is 2.20. The Hall–Kier alpha value is -3.45. The van der Waals surface area contributed by atoms with Gasteiger partial charge in [0.1, 0.15) is 5.75 Å². The molecule has 1 N–H and O–H groups in total. The van der Waals surface area contributed by atoms with Crippen molar-refractivity contribution >= 4 is 17.4 Å². The zero-order chi connectivity index (χ0) is 20.9. The van der Waals surface area contributed by atoms with Crippen molar-refractivity contribution in [2.75, 3.05) is 37.6 Å². The Bertz CT molecular complexity index is 1020. The molecular weight excluding hydrogens is 380 g/mol. The molecule has 3 aromatic rings. The smallest absolute Gasteiger partial charge is 0.248 e. The third-order valence-electron chi connectivity index (χ3n) is 5.38. The van der Waals surface area contributed by atoms with E-state index < -0.39 is 0 Å². The van der Waals surface area contributed by atoms with Crippen molar-refractivity contribution in [2.45, 2.75) is 6.42 Å². The molecule has 1 fully saturated rings. The maximum atomic E-state index is 12.5. The first kappa shape index (κ1) is 19.8. The highest BCUT2D eigenvalue weighted by Gasteiger charge is 2.20. The molecule has 0 unspecified atom stereocenters. The van der Waals surface area contributed by atoms with Crippen LogP contribution in [-0.2, 0) is 0 Å². The number of phenolic OH excluding ortho intramolecular Hbond substituents is 1. The molecular formula is C23H24N4O3. The minimum Gasteiger partial charge on any atom is -0.507 e. The lowest BCUT2D eigenvalue weighted by Crippen LogP contribution is -2.47. The van der Waals surface area contributed by atoms with Crippen molar-refractivity contribution < 1.29 is 14.7 Å². The summed E-state index contributed by atoms with van der Waals surface area (Å²) in [5.74, 6) is -0.600. The van der Waals surface area contributed by atoms with E-state index in [1.165, 1.54) is 28.8 Å². The van der Waals surface area contributed by atoms with Crippen molar-refractivity contribution in [1.82, 2.24) is 14.7 Å². The third-order valence-corrected chi connectivity index (χ3v) is 5.38. The van der Waals surface area contributed by atoms with Crippen LogP contribution in [0.3, 0.4) is 0 Å². The number of hydrogen-bond donors (Lipinski definition) is 1. The third kappa shape index (κ3) is 4.41. The fraction of sp³-hybridized carbons (Fsp3) is 0.261. The molecule has 1 aromatic heterocycles. The summed E-state index contributed by atoms with van der Waals surface area (Å²) in [6.07, 6.45) is 3.13. The van der Waals surface area contributed by atoms with E-state index in [2.05, 4.69) is 27.0 Å². The summed E-state index contributed by atoms with van der Waals surface area (Å²) < 4.78 is 1.22. The van der Waals surface area contributed by atoms with Crippen molar-refractivity contribution in [3.63, 3.8) is 0 Å². The first-order chi connectivity index (χ1) is 14.6. The molecule has 7 nitrogen and oxygen atoms in total. The fourth-order valence-electron chi connectivity index (χ4n) is 3.63. The van der Waals surface area contributed by atoms with E-state index in [4.69, 9.17) is 0 Å². The van der Waals surface area contributed by atoms with Crippen LogP contribution in [0.4, 0.5) is 5.69 Å². The molecule has 0 spiro atoms. The Morgan fingerprint density at radius 2 is 1.63 bits per heavy atom. The summed E-state index contributed by atoms with van der Waals surface area (Å²) in [5.41, 5.74) is 1.70. The van der Waals surface area contributed by atoms with Crippen molar-refractivity contribution in [1.29, 1.82) is 0 Å². The maximum absolute atomic E-state index is 12.5. The van der Waals surface area contributed by atoms with Gasteiger partial charge in [0.25, 0.3) is 0 Å². The van der Waals surface area contributed by atoms with Crippen molar-refractivity contribution in [3.05, 3.63) is 78.1 Å². The van der Waals surface area contributed by atoms with Gasteiger partial charge in [-0.2, -0.15) is 5.10 Å². The van der Waals surface area contributed by atoms with E-state index in [9.17, 15) is 14.7 Å². The number of hydrogen-bond acceptors (Lipinski definition) is 6. The molecule has 0 amide bonds. The zero-order valence-electron chi connectivity index (χ0n) is 16.6. The molecule has 154 valence electrons. The molecule has 0 radical (unpaired) electrons. The van der Waals surface area contributed by atoms with Crippen molar-refractivity contribution in [3.8, 4) is 5.75 Å². The number of piperazine rings is 1. The van der Waals surface area contributed by atoms with Gasteiger partial charge >= 0.3 is 0 Å². The van der Waals surface area contributed by atoms with Gasteiger partial charge in [0.2, 0.25) is 5.91 Å². The van der Waals surface area contributed by atoms with Gasteiger partial charge in [-0.1, -0.05) is 30.3 Å². The van der Waals surface area contributed by atoms with Gasteiger partial charge in [0, 0.05) is 51.0 Å². The van der Waals surface area contributed by atoms with E-state index in [1.807, 2.05) is 18.2 Å². The number of phenols is 1. The van der Waals surface area contributed by atoms with Gasteiger partial charge in [0.15, 0.2) is 5.78 Å². The molecule has 0 saturated carbocycles. The van der Waals surface area contributed by atoms with Gasteiger partial charge < -0.3 is 10.0 Å². The van der Waals surface area contributed by atoms with E-state index in [0.29, 0.717) is 13.0 Å². The molecule has 7 heteroatoms. The summed E-state index contributed by atoms with van der Waals surface area (Å²) in [6, 6.07) is 16.7. The Kier molecular flexibility index (Phi) is 5.90. The molecule has 4 rings (SSSR count). The molecule has 1 saturated heterocycles. The van der Waals surface area contributed by atoms with Crippen LogP contribution in [0.1, 0.15) is 27.1 Å². The number of rotatable bonds is 6. The van der Waals surface area contributed by atoms with Crippen LogP contribution < -0.4 is 4.90 Å². The number of para-hydroxylation sites is 2. The minimum atomic E-state index is -0.357. The lowest BCUT2D eigenvalue weighted by Gasteiger charge is -2.36.